The molecule has 0 atom stereocenters. The van der Waals surface area contributed by atoms with Crippen molar-refractivity contribution in [3.63, 3.8) is 0 Å². The molecule has 0 aliphatic rings. The zero-order valence-corrected chi connectivity index (χ0v) is 14.7. The monoisotopic (exact) mass is 303 g/mol. The largest absolute Gasteiger partial charge is 0.339 e. The zero-order chi connectivity index (χ0) is 16.2. The first-order valence-corrected chi connectivity index (χ1v) is 9.11. The summed E-state index contributed by atoms with van der Waals surface area (Å²) in [6, 6.07) is 8.12. The summed E-state index contributed by atoms with van der Waals surface area (Å²) in [6.07, 6.45) is 9.47. The smallest absolute Gasteiger partial charge is 0.253 e. The van der Waals surface area contributed by atoms with Crippen molar-refractivity contribution in [1.29, 1.82) is 0 Å². The highest BCUT2D eigenvalue weighted by atomic mass is 16.2. The van der Waals surface area contributed by atoms with Crippen LogP contribution in [0, 0.1) is 0 Å². The standard InChI is InChI=1S/C20H33NO/c1-4-7-9-10-11-17-21(16-8-5-2)20(22)19-14-12-18(6-3)13-15-19/h12-15H,4-11,16-17H2,1-3H3. The molecule has 0 aliphatic carbocycles. The van der Waals surface area contributed by atoms with Crippen LogP contribution in [0.2, 0.25) is 0 Å². The van der Waals surface area contributed by atoms with Gasteiger partial charge in [0.05, 0.1) is 0 Å². The molecule has 0 saturated heterocycles. The number of hydrogen-bond acceptors (Lipinski definition) is 1. The average molecular weight is 303 g/mol. The fourth-order valence-corrected chi connectivity index (χ4v) is 2.64. The number of nitrogens with zero attached hydrogens (tertiary/aromatic N) is 1. The summed E-state index contributed by atoms with van der Waals surface area (Å²) in [5.41, 5.74) is 2.12. The summed E-state index contributed by atoms with van der Waals surface area (Å²) in [7, 11) is 0. The van der Waals surface area contributed by atoms with Gasteiger partial charge in [-0.2, -0.15) is 0 Å². The van der Waals surface area contributed by atoms with Gasteiger partial charge < -0.3 is 4.90 Å². The van der Waals surface area contributed by atoms with Crippen molar-refractivity contribution < 1.29 is 4.79 Å². The van der Waals surface area contributed by atoms with Crippen LogP contribution in [0.3, 0.4) is 0 Å². The van der Waals surface area contributed by atoms with Crippen molar-refractivity contribution in [3.8, 4) is 0 Å². The first kappa shape index (κ1) is 18.7. The molecule has 0 N–H and O–H groups in total. The molecule has 2 nitrogen and oxygen atoms in total. The molecule has 1 aromatic rings. The molecule has 1 rings (SSSR count). The second-order valence-corrected chi connectivity index (χ2v) is 6.11. The molecule has 0 heterocycles. The molecule has 2 heteroatoms. The predicted molar refractivity (Wildman–Crippen MR) is 95.4 cm³/mol. The minimum absolute atomic E-state index is 0.201. The summed E-state index contributed by atoms with van der Waals surface area (Å²) in [5, 5.41) is 0. The molecule has 0 aromatic heterocycles. The summed E-state index contributed by atoms with van der Waals surface area (Å²) in [4.78, 5) is 14.7. The van der Waals surface area contributed by atoms with E-state index in [2.05, 4.69) is 37.8 Å². The van der Waals surface area contributed by atoms with Crippen LogP contribution in [0.5, 0.6) is 0 Å². The van der Waals surface area contributed by atoms with Crippen molar-refractivity contribution in [3.05, 3.63) is 35.4 Å². The van der Waals surface area contributed by atoms with Crippen molar-refractivity contribution in [2.75, 3.05) is 13.1 Å². The minimum Gasteiger partial charge on any atom is -0.339 e. The first-order chi connectivity index (χ1) is 10.7. The van der Waals surface area contributed by atoms with Gasteiger partial charge >= 0.3 is 0 Å². The lowest BCUT2D eigenvalue weighted by molar-refractivity contribution is 0.0750. The number of carbonyl (C=O) groups excluding carboxylic acids is 1. The SMILES string of the molecule is CCCCCCCN(CCCC)C(=O)c1ccc(CC)cc1. The number of benzene rings is 1. The van der Waals surface area contributed by atoms with Gasteiger partial charge in [0, 0.05) is 18.7 Å². The van der Waals surface area contributed by atoms with Gasteiger partial charge in [-0.1, -0.05) is 65.0 Å². The van der Waals surface area contributed by atoms with Crippen LogP contribution in [0.4, 0.5) is 0 Å². The van der Waals surface area contributed by atoms with Gasteiger partial charge in [-0.3, -0.25) is 4.79 Å². The summed E-state index contributed by atoms with van der Waals surface area (Å²) >= 11 is 0. The van der Waals surface area contributed by atoms with Crippen molar-refractivity contribution in [1.82, 2.24) is 4.90 Å². The molecular weight excluding hydrogens is 270 g/mol. The average Bonchev–Trinajstić information content (AvgIpc) is 2.57. The Kier molecular flexibility index (Phi) is 9.61. The van der Waals surface area contributed by atoms with Gasteiger partial charge in [0.25, 0.3) is 5.91 Å². The topological polar surface area (TPSA) is 20.3 Å². The van der Waals surface area contributed by atoms with Crippen LogP contribution in [-0.2, 0) is 6.42 Å². The summed E-state index contributed by atoms with van der Waals surface area (Å²) < 4.78 is 0. The number of rotatable bonds is 11. The third-order valence-corrected chi connectivity index (χ3v) is 4.21. The number of amides is 1. The van der Waals surface area contributed by atoms with E-state index in [1.165, 1.54) is 31.2 Å². The van der Waals surface area contributed by atoms with Gasteiger partial charge in [-0.05, 0) is 37.0 Å². The molecule has 0 unspecified atom stereocenters. The number of carbonyl (C=O) groups is 1. The van der Waals surface area contributed by atoms with Gasteiger partial charge in [0.1, 0.15) is 0 Å². The molecule has 0 spiro atoms. The van der Waals surface area contributed by atoms with Gasteiger partial charge in [0.2, 0.25) is 0 Å². The van der Waals surface area contributed by atoms with E-state index in [0.717, 1.165) is 44.3 Å². The van der Waals surface area contributed by atoms with E-state index in [9.17, 15) is 4.79 Å². The third kappa shape index (κ3) is 6.64. The number of aryl methyl sites for hydroxylation is 1. The Morgan fingerprint density at radius 1 is 0.818 bits per heavy atom. The van der Waals surface area contributed by atoms with Crippen molar-refractivity contribution in [2.24, 2.45) is 0 Å². The van der Waals surface area contributed by atoms with Crippen LogP contribution in [0.1, 0.15) is 81.6 Å². The van der Waals surface area contributed by atoms with Gasteiger partial charge in [-0.15, -0.1) is 0 Å². The van der Waals surface area contributed by atoms with Crippen LogP contribution >= 0.6 is 0 Å². The van der Waals surface area contributed by atoms with Crippen LogP contribution in [-0.4, -0.2) is 23.9 Å². The Hall–Kier alpha value is -1.31. The quantitative estimate of drug-likeness (QED) is 0.497. The fourth-order valence-electron chi connectivity index (χ4n) is 2.64. The lowest BCUT2D eigenvalue weighted by atomic mass is 10.1. The van der Waals surface area contributed by atoms with E-state index in [4.69, 9.17) is 0 Å². The Morgan fingerprint density at radius 3 is 2.00 bits per heavy atom. The molecule has 1 amide bonds. The first-order valence-electron chi connectivity index (χ1n) is 9.11. The Bertz CT molecular complexity index is 410. The number of unbranched alkanes of at least 4 members (excludes halogenated alkanes) is 5. The van der Waals surface area contributed by atoms with E-state index in [1.807, 2.05) is 12.1 Å². The van der Waals surface area contributed by atoms with Crippen molar-refractivity contribution in [2.45, 2.75) is 72.1 Å². The van der Waals surface area contributed by atoms with Crippen LogP contribution < -0.4 is 0 Å². The van der Waals surface area contributed by atoms with Crippen LogP contribution in [0.15, 0.2) is 24.3 Å². The molecule has 0 saturated carbocycles. The van der Waals surface area contributed by atoms with Crippen molar-refractivity contribution >= 4 is 5.91 Å². The lowest BCUT2D eigenvalue weighted by Crippen LogP contribution is -2.33. The molecule has 124 valence electrons. The molecule has 0 aliphatic heterocycles. The predicted octanol–water partition coefficient (Wildman–Crippen LogP) is 5.46. The fraction of sp³-hybridized carbons (Fsp3) is 0.650. The summed E-state index contributed by atoms with van der Waals surface area (Å²) in [6.45, 7) is 8.34. The second-order valence-electron chi connectivity index (χ2n) is 6.11. The molecule has 1 aromatic carbocycles. The van der Waals surface area contributed by atoms with Gasteiger partial charge in [-0.25, -0.2) is 0 Å². The highest BCUT2D eigenvalue weighted by molar-refractivity contribution is 5.94. The van der Waals surface area contributed by atoms with E-state index < -0.39 is 0 Å². The maximum absolute atomic E-state index is 12.7. The highest BCUT2D eigenvalue weighted by Gasteiger charge is 2.14. The lowest BCUT2D eigenvalue weighted by Gasteiger charge is -2.23. The maximum Gasteiger partial charge on any atom is 0.253 e. The zero-order valence-electron chi connectivity index (χ0n) is 14.7. The normalized spacial score (nSPS) is 10.7. The molecule has 0 fully saturated rings. The Morgan fingerprint density at radius 2 is 1.41 bits per heavy atom. The Balaban J connectivity index is 2.57. The maximum atomic E-state index is 12.7. The molecule has 22 heavy (non-hydrogen) atoms. The third-order valence-electron chi connectivity index (χ3n) is 4.21. The molecule has 0 bridgehead atoms. The second kappa shape index (κ2) is 11.3. The highest BCUT2D eigenvalue weighted by Crippen LogP contribution is 2.11. The van der Waals surface area contributed by atoms with E-state index >= 15 is 0 Å². The van der Waals surface area contributed by atoms with E-state index in [-0.39, 0.29) is 5.91 Å². The number of hydrogen-bond donors (Lipinski definition) is 0. The minimum atomic E-state index is 0.201. The van der Waals surface area contributed by atoms with Crippen LogP contribution in [0.25, 0.3) is 0 Å². The molecular formula is C20H33NO. The van der Waals surface area contributed by atoms with E-state index in [0.29, 0.717) is 0 Å². The Labute approximate surface area is 136 Å². The molecule has 0 radical (unpaired) electrons. The summed E-state index contributed by atoms with van der Waals surface area (Å²) in [5.74, 6) is 0.201. The van der Waals surface area contributed by atoms with E-state index in [1.54, 1.807) is 0 Å². The van der Waals surface area contributed by atoms with Gasteiger partial charge in [0.15, 0.2) is 0 Å².